The van der Waals surface area contributed by atoms with E-state index in [1.54, 1.807) is 6.92 Å². The molecule has 1 atom stereocenters. The number of alkyl halides is 2. The Kier molecular flexibility index (Phi) is 7.54. The molecule has 0 aliphatic heterocycles. The van der Waals surface area contributed by atoms with Gasteiger partial charge in [0.25, 0.3) is 5.91 Å². The molecule has 152 valence electrons. The van der Waals surface area contributed by atoms with Crippen LogP contribution in [0.4, 0.5) is 8.78 Å². The fourth-order valence-corrected chi connectivity index (χ4v) is 2.60. The molecule has 6 nitrogen and oxygen atoms in total. The van der Waals surface area contributed by atoms with E-state index in [1.807, 2.05) is 36.4 Å². The minimum absolute atomic E-state index is 0.0220. The monoisotopic (exact) mass is 402 g/mol. The van der Waals surface area contributed by atoms with Gasteiger partial charge in [-0.25, -0.2) is 0 Å². The predicted octanol–water partition coefficient (Wildman–Crippen LogP) is 4.09. The van der Waals surface area contributed by atoms with Crippen molar-refractivity contribution in [2.45, 2.75) is 19.6 Å². The Labute approximate surface area is 167 Å². The predicted molar refractivity (Wildman–Crippen MR) is 103 cm³/mol. The maximum atomic E-state index is 12.6. The smallest absolute Gasteiger partial charge is 0.387 e. The fraction of sp³-hybridized carbons (Fsp3) is 0.238. The van der Waals surface area contributed by atoms with E-state index < -0.39 is 12.5 Å². The third-order valence-corrected chi connectivity index (χ3v) is 4.01. The number of methoxy groups -OCH3 is 2. The number of hydrogen-bond acceptors (Lipinski definition) is 5. The van der Waals surface area contributed by atoms with Gasteiger partial charge in [0.05, 0.1) is 20.3 Å². The Bertz CT molecular complexity index is 899. The number of benzene rings is 2. The van der Waals surface area contributed by atoms with Crippen molar-refractivity contribution in [3.8, 4) is 23.3 Å². The van der Waals surface area contributed by atoms with Crippen molar-refractivity contribution >= 4 is 12.0 Å². The summed E-state index contributed by atoms with van der Waals surface area (Å²) in [4.78, 5) is 12.5. The second kappa shape index (κ2) is 10.1. The van der Waals surface area contributed by atoms with E-state index >= 15 is 0 Å². The highest BCUT2D eigenvalue weighted by Crippen LogP contribution is 2.40. The van der Waals surface area contributed by atoms with Crippen LogP contribution in [-0.2, 0) is 4.79 Å². The summed E-state index contributed by atoms with van der Waals surface area (Å²) in [6.45, 7) is -1.27. The van der Waals surface area contributed by atoms with Gasteiger partial charge in [-0.2, -0.15) is 14.0 Å². The molecule has 0 heterocycles. The van der Waals surface area contributed by atoms with E-state index in [0.717, 1.165) is 5.56 Å². The van der Waals surface area contributed by atoms with Crippen LogP contribution in [0.15, 0.2) is 48.0 Å². The van der Waals surface area contributed by atoms with Crippen molar-refractivity contribution < 1.29 is 27.8 Å². The lowest BCUT2D eigenvalue weighted by molar-refractivity contribution is -0.117. The van der Waals surface area contributed by atoms with Crippen molar-refractivity contribution in [3.63, 3.8) is 0 Å². The molecule has 8 heteroatoms. The van der Waals surface area contributed by atoms with Crippen molar-refractivity contribution in [3.05, 3.63) is 59.2 Å². The van der Waals surface area contributed by atoms with Gasteiger partial charge in [-0.05, 0) is 36.3 Å². The highest BCUT2D eigenvalue weighted by atomic mass is 19.3. The molecule has 0 fully saturated rings. The zero-order chi connectivity index (χ0) is 21.4. The molecular weight excluding hydrogens is 382 g/mol. The Morgan fingerprint density at radius 2 is 1.72 bits per heavy atom. The van der Waals surface area contributed by atoms with Gasteiger partial charge >= 0.3 is 6.61 Å². The molecule has 0 spiro atoms. The number of hydrogen-bond donors (Lipinski definition) is 1. The lowest BCUT2D eigenvalue weighted by Gasteiger charge is -2.15. The van der Waals surface area contributed by atoms with Crippen LogP contribution in [0.3, 0.4) is 0 Å². The van der Waals surface area contributed by atoms with E-state index in [9.17, 15) is 18.8 Å². The Balaban J connectivity index is 2.32. The first-order chi connectivity index (χ1) is 13.9. The average molecular weight is 402 g/mol. The largest absolute Gasteiger partial charge is 0.493 e. The number of nitriles is 1. The molecule has 0 unspecified atom stereocenters. The minimum Gasteiger partial charge on any atom is -0.493 e. The van der Waals surface area contributed by atoms with Gasteiger partial charge < -0.3 is 19.5 Å². The summed E-state index contributed by atoms with van der Waals surface area (Å²) in [6, 6.07) is 13.5. The summed E-state index contributed by atoms with van der Waals surface area (Å²) in [5.74, 6) is -0.894. The van der Waals surface area contributed by atoms with Crippen LogP contribution < -0.4 is 19.5 Å². The van der Waals surface area contributed by atoms with Gasteiger partial charge in [-0.1, -0.05) is 30.3 Å². The average Bonchev–Trinajstić information content (AvgIpc) is 2.72. The molecule has 2 rings (SSSR count). The van der Waals surface area contributed by atoms with Crippen LogP contribution in [0.2, 0.25) is 0 Å². The standard InChI is InChI=1S/C21H20F2N2O4/c1-13(15-7-5-4-6-8-15)25-20(26)16(12-24)9-14-10-17(27-2)19(29-21(22)23)18(11-14)28-3/h4-11,13,21H,1-3H3,(H,25,26)/b16-9+/t13-/m0/s1. The second-order valence-corrected chi connectivity index (χ2v) is 5.91. The number of nitrogens with zero attached hydrogens (tertiary/aromatic N) is 1. The first kappa shape index (κ1) is 21.7. The second-order valence-electron chi connectivity index (χ2n) is 5.91. The summed E-state index contributed by atoms with van der Waals surface area (Å²) in [7, 11) is 2.56. The lowest BCUT2D eigenvalue weighted by atomic mass is 10.1. The van der Waals surface area contributed by atoms with Crippen LogP contribution >= 0.6 is 0 Å². The third kappa shape index (κ3) is 5.69. The number of carbonyl (C=O) groups is 1. The molecule has 0 aliphatic carbocycles. The highest BCUT2D eigenvalue weighted by Gasteiger charge is 2.19. The summed E-state index contributed by atoms with van der Waals surface area (Å²) < 4.78 is 39.9. The van der Waals surface area contributed by atoms with Crippen LogP contribution in [0.5, 0.6) is 17.2 Å². The third-order valence-electron chi connectivity index (χ3n) is 4.01. The maximum absolute atomic E-state index is 12.6. The van der Waals surface area contributed by atoms with Gasteiger partial charge in [0, 0.05) is 0 Å². The first-order valence-corrected chi connectivity index (χ1v) is 8.58. The first-order valence-electron chi connectivity index (χ1n) is 8.58. The number of ether oxygens (including phenoxy) is 3. The van der Waals surface area contributed by atoms with Crippen molar-refractivity contribution in [2.24, 2.45) is 0 Å². The van der Waals surface area contributed by atoms with Gasteiger partial charge in [0.1, 0.15) is 11.6 Å². The summed E-state index contributed by atoms with van der Waals surface area (Å²) in [5.41, 5.74) is 1.06. The van der Waals surface area contributed by atoms with Crippen LogP contribution in [0.1, 0.15) is 24.1 Å². The number of halogens is 2. The lowest BCUT2D eigenvalue weighted by Crippen LogP contribution is -2.27. The quantitative estimate of drug-likeness (QED) is 0.531. The molecular formula is C21H20F2N2O4. The summed E-state index contributed by atoms with van der Waals surface area (Å²) in [6.07, 6.45) is 1.31. The summed E-state index contributed by atoms with van der Waals surface area (Å²) in [5, 5.41) is 12.1. The highest BCUT2D eigenvalue weighted by molar-refractivity contribution is 6.02. The topological polar surface area (TPSA) is 80.6 Å². The Morgan fingerprint density at radius 1 is 1.14 bits per heavy atom. The van der Waals surface area contributed by atoms with Crippen LogP contribution in [0, 0.1) is 11.3 Å². The number of nitrogens with one attached hydrogen (secondary N) is 1. The molecule has 29 heavy (non-hydrogen) atoms. The molecule has 1 N–H and O–H groups in total. The summed E-state index contributed by atoms with van der Waals surface area (Å²) >= 11 is 0. The van der Waals surface area contributed by atoms with Gasteiger partial charge in [0.2, 0.25) is 5.75 Å². The van der Waals surface area contributed by atoms with E-state index in [0.29, 0.717) is 5.56 Å². The van der Waals surface area contributed by atoms with E-state index in [4.69, 9.17) is 9.47 Å². The molecule has 0 aliphatic rings. The zero-order valence-corrected chi connectivity index (χ0v) is 16.1. The zero-order valence-electron chi connectivity index (χ0n) is 16.1. The number of amides is 1. The molecule has 0 saturated carbocycles. The number of carbonyl (C=O) groups excluding carboxylic acids is 1. The van der Waals surface area contributed by atoms with Gasteiger partial charge in [-0.3, -0.25) is 4.79 Å². The molecule has 1 amide bonds. The van der Waals surface area contributed by atoms with Crippen LogP contribution in [0.25, 0.3) is 6.08 Å². The molecule has 2 aromatic carbocycles. The Morgan fingerprint density at radius 3 is 2.21 bits per heavy atom. The van der Waals surface area contributed by atoms with E-state index in [1.165, 1.54) is 32.4 Å². The molecule has 0 aromatic heterocycles. The SMILES string of the molecule is COc1cc(/C=C(\C#N)C(=O)N[C@@H](C)c2ccccc2)cc(OC)c1OC(F)F. The van der Waals surface area contributed by atoms with Gasteiger partial charge in [0.15, 0.2) is 11.5 Å². The minimum atomic E-state index is -3.07. The van der Waals surface area contributed by atoms with Crippen molar-refractivity contribution in [1.82, 2.24) is 5.32 Å². The Hall–Kier alpha value is -3.60. The molecule has 0 radical (unpaired) electrons. The van der Waals surface area contributed by atoms with E-state index in [-0.39, 0.29) is 28.9 Å². The number of rotatable bonds is 8. The van der Waals surface area contributed by atoms with Crippen LogP contribution in [-0.4, -0.2) is 26.7 Å². The van der Waals surface area contributed by atoms with Gasteiger partial charge in [-0.15, -0.1) is 0 Å². The molecule has 0 bridgehead atoms. The van der Waals surface area contributed by atoms with Crippen molar-refractivity contribution in [1.29, 1.82) is 5.26 Å². The maximum Gasteiger partial charge on any atom is 0.387 e. The molecule has 0 saturated heterocycles. The molecule has 2 aromatic rings. The normalized spacial score (nSPS) is 12.1. The fourth-order valence-electron chi connectivity index (χ4n) is 2.60. The van der Waals surface area contributed by atoms with Crippen molar-refractivity contribution in [2.75, 3.05) is 14.2 Å². The van der Waals surface area contributed by atoms with E-state index in [2.05, 4.69) is 10.1 Å².